The van der Waals surface area contributed by atoms with Gasteiger partial charge in [0.1, 0.15) is 5.75 Å². The van der Waals surface area contributed by atoms with E-state index in [2.05, 4.69) is 19.0 Å². The summed E-state index contributed by atoms with van der Waals surface area (Å²) in [4.78, 5) is 22.5. The number of fused-ring (bicyclic) bond motifs is 1. The van der Waals surface area contributed by atoms with E-state index in [1.807, 2.05) is 59.5 Å². The van der Waals surface area contributed by atoms with E-state index in [9.17, 15) is 4.79 Å². The van der Waals surface area contributed by atoms with Gasteiger partial charge in [-0.3, -0.25) is 4.79 Å². The van der Waals surface area contributed by atoms with Gasteiger partial charge < -0.3 is 14.5 Å². The van der Waals surface area contributed by atoms with E-state index >= 15 is 0 Å². The maximum Gasteiger partial charge on any atom is 0.254 e. The fraction of sp³-hybridized carbons (Fsp3) is 0.333. The molecule has 1 unspecified atom stereocenters. The van der Waals surface area contributed by atoms with Crippen LogP contribution in [0, 0.1) is 0 Å². The van der Waals surface area contributed by atoms with Crippen LogP contribution in [0.5, 0.6) is 5.75 Å². The van der Waals surface area contributed by atoms with Crippen molar-refractivity contribution in [2.24, 2.45) is 0 Å². The first-order valence-corrected chi connectivity index (χ1v) is 10.1. The number of nitrogens with zero attached hydrogens (tertiary/aromatic N) is 3. The Kier molecular flexibility index (Phi) is 5.49. The number of carbonyl (C=O) groups is 1. The number of likely N-dealkylation sites (tertiary alicyclic amines) is 1. The Bertz CT molecular complexity index is 1010. The zero-order valence-electron chi connectivity index (χ0n) is 17.3. The summed E-state index contributed by atoms with van der Waals surface area (Å²) < 4.78 is 5.26. The first-order valence-electron chi connectivity index (χ1n) is 10.1. The molecular formula is C24H27N3O2. The summed E-state index contributed by atoms with van der Waals surface area (Å²) in [7, 11) is 5.82. The molecule has 5 nitrogen and oxygen atoms in total. The molecule has 0 saturated carbocycles. The third kappa shape index (κ3) is 3.96. The maximum atomic E-state index is 13.5. The SMILES string of the molecule is COc1ccc(-c2cc(C(=O)N3CCCC(N(C)C)C3)c3ccccc3n2)cc1. The highest BCUT2D eigenvalue weighted by atomic mass is 16.5. The number of likely N-dealkylation sites (N-methyl/N-ethyl adjacent to an activating group) is 1. The second kappa shape index (κ2) is 8.21. The fourth-order valence-electron chi connectivity index (χ4n) is 3.99. The average molecular weight is 389 g/mol. The normalized spacial score (nSPS) is 17.0. The van der Waals surface area contributed by atoms with Crippen molar-refractivity contribution >= 4 is 16.8 Å². The van der Waals surface area contributed by atoms with Crippen molar-refractivity contribution in [1.82, 2.24) is 14.8 Å². The number of carbonyl (C=O) groups excluding carboxylic acids is 1. The number of piperidine rings is 1. The summed E-state index contributed by atoms with van der Waals surface area (Å²) >= 11 is 0. The van der Waals surface area contributed by atoms with E-state index in [0.717, 1.165) is 59.4 Å². The predicted molar refractivity (Wildman–Crippen MR) is 116 cm³/mol. The van der Waals surface area contributed by atoms with Crippen molar-refractivity contribution in [3.05, 3.63) is 60.2 Å². The summed E-state index contributed by atoms with van der Waals surface area (Å²) in [5.74, 6) is 0.888. The zero-order valence-corrected chi connectivity index (χ0v) is 17.3. The number of methoxy groups -OCH3 is 1. The summed E-state index contributed by atoms with van der Waals surface area (Å²) in [6.07, 6.45) is 2.16. The third-order valence-corrected chi connectivity index (χ3v) is 5.75. The molecule has 2 aromatic carbocycles. The van der Waals surface area contributed by atoms with Crippen LogP contribution in [-0.2, 0) is 0 Å². The summed E-state index contributed by atoms with van der Waals surface area (Å²) in [5.41, 5.74) is 3.33. The van der Waals surface area contributed by atoms with E-state index in [4.69, 9.17) is 9.72 Å². The molecule has 1 saturated heterocycles. The largest absolute Gasteiger partial charge is 0.497 e. The van der Waals surface area contributed by atoms with E-state index < -0.39 is 0 Å². The van der Waals surface area contributed by atoms with Crippen molar-refractivity contribution in [3.8, 4) is 17.0 Å². The molecule has 0 N–H and O–H groups in total. The van der Waals surface area contributed by atoms with Gasteiger partial charge in [-0.25, -0.2) is 4.98 Å². The number of pyridine rings is 1. The lowest BCUT2D eigenvalue weighted by Gasteiger charge is -2.36. The molecule has 1 aromatic heterocycles. The van der Waals surface area contributed by atoms with Crippen LogP contribution < -0.4 is 4.74 Å². The van der Waals surface area contributed by atoms with Gasteiger partial charge in [0.25, 0.3) is 5.91 Å². The van der Waals surface area contributed by atoms with Crippen LogP contribution >= 0.6 is 0 Å². The smallest absolute Gasteiger partial charge is 0.254 e. The second-order valence-corrected chi connectivity index (χ2v) is 7.81. The minimum absolute atomic E-state index is 0.0879. The number of aromatic nitrogens is 1. The predicted octanol–water partition coefficient (Wildman–Crippen LogP) is 4.08. The van der Waals surface area contributed by atoms with Crippen molar-refractivity contribution in [2.75, 3.05) is 34.3 Å². The monoisotopic (exact) mass is 389 g/mol. The van der Waals surface area contributed by atoms with Gasteiger partial charge in [-0.15, -0.1) is 0 Å². The quantitative estimate of drug-likeness (QED) is 0.675. The highest BCUT2D eigenvalue weighted by Gasteiger charge is 2.27. The minimum atomic E-state index is 0.0879. The molecule has 1 amide bonds. The molecule has 0 aliphatic carbocycles. The van der Waals surface area contributed by atoms with Crippen LogP contribution in [0.4, 0.5) is 0 Å². The van der Waals surface area contributed by atoms with Crippen LogP contribution in [0.25, 0.3) is 22.2 Å². The van der Waals surface area contributed by atoms with Gasteiger partial charge in [-0.1, -0.05) is 18.2 Å². The molecule has 150 valence electrons. The fourth-order valence-corrected chi connectivity index (χ4v) is 3.99. The number of hydrogen-bond acceptors (Lipinski definition) is 4. The van der Waals surface area contributed by atoms with Gasteiger partial charge in [0.05, 0.1) is 23.9 Å². The molecule has 1 fully saturated rings. The standard InChI is InChI=1S/C24H27N3O2/c1-26(2)18-7-6-14-27(16-18)24(28)21-15-23(17-10-12-19(29-3)13-11-17)25-22-9-5-4-8-20(21)22/h4-5,8-13,15,18H,6-7,14,16H2,1-3H3. The lowest BCUT2D eigenvalue weighted by atomic mass is 10.0. The Morgan fingerprint density at radius 1 is 1.14 bits per heavy atom. The molecule has 1 atom stereocenters. The van der Waals surface area contributed by atoms with Crippen LogP contribution in [0.2, 0.25) is 0 Å². The Balaban J connectivity index is 1.75. The number of rotatable bonds is 4. The summed E-state index contributed by atoms with van der Waals surface area (Å²) in [6, 6.07) is 18.0. The van der Waals surface area contributed by atoms with Crippen molar-refractivity contribution in [2.45, 2.75) is 18.9 Å². The van der Waals surface area contributed by atoms with E-state index in [1.165, 1.54) is 0 Å². The lowest BCUT2D eigenvalue weighted by Crippen LogP contribution is -2.47. The number of para-hydroxylation sites is 1. The van der Waals surface area contributed by atoms with E-state index in [1.54, 1.807) is 7.11 Å². The van der Waals surface area contributed by atoms with Crippen LogP contribution in [-0.4, -0.2) is 61.0 Å². The van der Waals surface area contributed by atoms with Gasteiger partial charge in [0.15, 0.2) is 0 Å². The zero-order chi connectivity index (χ0) is 20.4. The molecule has 3 aromatic rings. The van der Waals surface area contributed by atoms with E-state index in [-0.39, 0.29) is 5.91 Å². The molecule has 0 radical (unpaired) electrons. The highest BCUT2D eigenvalue weighted by molar-refractivity contribution is 6.07. The number of hydrogen-bond donors (Lipinski definition) is 0. The molecule has 2 heterocycles. The van der Waals surface area contributed by atoms with Crippen LogP contribution in [0.15, 0.2) is 54.6 Å². The molecule has 1 aliphatic rings. The third-order valence-electron chi connectivity index (χ3n) is 5.75. The molecule has 1 aliphatic heterocycles. The first kappa shape index (κ1) is 19.4. The summed E-state index contributed by atoms with van der Waals surface area (Å²) in [5, 5.41) is 0.904. The number of ether oxygens (including phenoxy) is 1. The molecule has 0 bridgehead atoms. The van der Waals surface area contributed by atoms with Crippen LogP contribution in [0.3, 0.4) is 0 Å². The number of benzene rings is 2. The van der Waals surface area contributed by atoms with Crippen molar-refractivity contribution in [3.63, 3.8) is 0 Å². The molecule has 5 heteroatoms. The Hall–Kier alpha value is -2.92. The molecule has 29 heavy (non-hydrogen) atoms. The van der Waals surface area contributed by atoms with Crippen molar-refractivity contribution < 1.29 is 9.53 Å². The van der Waals surface area contributed by atoms with Crippen LogP contribution in [0.1, 0.15) is 23.2 Å². The molecular weight excluding hydrogens is 362 g/mol. The Morgan fingerprint density at radius 2 is 1.90 bits per heavy atom. The topological polar surface area (TPSA) is 45.7 Å². The molecule has 4 rings (SSSR count). The Labute approximate surface area is 171 Å². The van der Waals surface area contributed by atoms with Gasteiger partial charge in [0, 0.05) is 30.1 Å². The maximum absolute atomic E-state index is 13.5. The van der Waals surface area contributed by atoms with Crippen molar-refractivity contribution in [1.29, 1.82) is 0 Å². The minimum Gasteiger partial charge on any atom is -0.497 e. The van der Waals surface area contributed by atoms with Gasteiger partial charge in [0.2, 0.25) is 0 Å². The second-order valence-electron chi connectivity index (χ2n) is 7.81. The van der Waals surface area contributed by atoms with Gasteiger partial charge in [-0.2, -0.15) is 0 Å². The van der Waals surface area contributed by atoms with Gasteiger partial charge in [-0.05, 0) is 63.3 Å². The Morgan fingerprint density at radius 3 is 2.62 bits per heavy atom. The van der Waals surface area contributed by atoms with Gasteiger partial charge >= 0.3 is 0 Å². The highest BCUT2D eigenvalue weighted by Crippen LogP contribution is 2.28. The summed E-state index contributed by atoms with van der Waals surface area (Å²) in [6.45, 7) is 1.57. The molecule has 0 spiro atoms. The van der Waals surface area contributed by atoms with E-state index in [0.29, 0.717) is 6.04 Å². The lowest BCUT2D eigenvalue weighted by molar-refractivity contribution is 0.0637. The number of amides is 1. The first-order chi connectivity index (χ1) is 14.1. The average Bonchev–Trinajstić information content (AvgIpc) is 2.78.